The lowest BCUT2D eigenvalue weighted by molar-refractivity contribution is -0.137. The summed E-state index contributed by atoms with van der Waals surface area (Å²) in [5.41, 5.74) is 4.50. The number of rotatable bonds is 2. The number of pyridine rings is 1. The molecule has 0 unspecified atom stereocenters. The zero-order valence-electron chi connectivity index (χ0n) is 10.2. The topological polar surface area (TPSA) is 59.2 Å². The molecule has 1 saturated heterocycles. The monoisotopic (exact) mass is 273 g/mol. The molecule has 2 rings (SSSR count). The summed E-state index contributed by atoms with van der Waals surface area (Å²) in [4.78, 5) is 16.7. The Balaban J connectivity index is 2.10. The average Bonchev–Trinajstić information content (AvgIpc) is 2.38. The van der Waals surface area contributed by atoms with Crippen LogP contribution in [0.3, 0.4) is 0 Å². The van der Waals surface area contributed by atoms with Crippen LogP contribution in [0.25, 0.3) is 0 Å². The smallest absolute Gasteiger partial charge is 0.369 e. The first kappa shape index (κ1) is 13.6. The Kier molecular flexibility index (Phi) is 3.64. The van der Waals surface area contributed by atoms with Crippen molar-refractivity contribution >= 4 is 11.7 Å². The number of anilines is 1. The highest BCUT2D eigenvalue weighted by molar-refractivity contribution is 5.76. The highest BCUT2D eigenvalue weighted by Gasteiger charge is 2.32. The lowest BCUT2D eigenvalue weighted by Gasteiger charge is -2.31. The minimum Gasteiger partial charge on any atom is -0.369 e. The molecule has 0 aliphatic carbocycles. The fourth-order valence-corrected chi connectivity index (χ4v) is 2.16. The maximum Gasteiger partial charge on any atom is 0.416 e. The zero-order valence-corrected chi connectivity index (χ0v) is 10.2. The number of amides is 1. The van der Waals surface area contributed by atoms with Crippen molar-refractivity contribution in [2.45, 2.75) is 19.0 Å². The molecule has 1 aliphatic heterocycles. The minimum absolute atomic E-state index is 0.193. The Bertz CT molecular complexity index is 468. The van der Waals surface area contributed by atoms with Gasteiger partial charge in [0.05, 0.1) is 5.56 Å². The van der Waals surface area contributed by atoms with E-state index in [1.165, 1.54) is 0 Å². The van der Waals surface area contributed by atoms with E-state index in [4.69, 9.17) is 5.73 Å². The van der Waals surface area contributed by atoms with E-state index >= 15 is 0 Å². The molecule has 4 nitrogen and oxygen atoms in total. The molecule has 1 fully saturated rings. The van der Waals surface area contributed by atoms with Crippen LogP contribution in [0.5, 0.6) is 0 Å². The fraction of sp³-hybridized carbons (Fsp3) is 0.500. The van der Waals surface area contributed by atoms with Gasteiger partial charge in [-0.25, -0.2) is 4.98 Å². The predicted molar refractivity (Wildman–Crippen MR) is 63.4 cm³/mol. The van der Waals surface area contributed by atoms with Gasteiger partial charge < -0.3 is 10.6 Å². The molecular formula is C12H14F3N3O. The van der Waals surface area contributed by atoms with Crippen LogP contribution in [0.1, 0.15) is 18.4 Å². The summed E-state index contributed by atoms with van der Waals surface area (Å²) in [6.45, 7) is 0.976. The van der Waals surface area contributed by atoms with Crippen molar-refractivity contribution in [1.82, 2.24) is 4.98 Å². The van der Waals surface area contributed by atoms with Crippen LogP contribution in [-0.2, 0) is 11.0 Å². The molecule has 0 spiro atoms. The summed E-state index contributed by atoms with van der Waals surface area (Å²) >= 11 is 0. The van der Waals surface area contributed by atoms with Crippen molar-refractivity contribution in [2.75, 3.05) is 18.0 Å². The van der Waals surface area contributed by atoms with Gasteiger partial charge in [0, 0.05) is 25.2 Å². The number of alkyl halides is 3. The number of aromatic nitrogens is 1. The number of nitrogens with two attached hydrogens (primary N) is 1. The van der Waals surface area contributed by atoms with Gasteiger partial charge in [0.2, 0.25) is 5.91 Å². The van der Waals surface area contributed by atoms with E-state index in [2.05, 4.69) is 4.98 Å². The molecule has 0 bridgehead atoms. The Hall–Kier alpha value is -1.79. The molecule has 0 aromatic carbocycles. The van der Waals surface area contributed by atoms with Crippen LogP contribution in [0.2, 0.25) is 0 Å². The zero-order chi connectivity index (χ0) is 14.0. The number of hydrogen-bond donors (Lipinski definition) is 1. The number of piperidine rings is 1. The van der Waals surface area contributed by atoms with Gasteiger partial charge in [0.1, 0.15) is 5.82 Å². The van der Waals surface area contributed by atoms with Crippen LogP contribution < -0.4 is 10.6 Å². The molecule has 1 amide bonds. The van der Waals surface area contributed by atoms with Gasteiger partial charge in [-0.3, -0.25) is 4.79 Å². The Morgan fingerprint density at radius 3 is 2.53 bits per heavy atom. The second-order valence-corrected chi connectivity index (χ2v) is 4.56. The maximum atomic E-state index is 12.6. The van der Waals surface area contributed by atoms with E-state index in [0.29, 0.717) is 25.9 Å². The van der Waals surface area contributed by atoms with Crippen molar-refractivity contribution in [3.8, 4) is 0 Å². The third-order valence-electron chi connectivity index (χ3n) is 3.29. The lowest BCUT2D eigenvalue weighted by atomic mass is 9.96. The molecule has 1 aromatic rings. The molecule has 2 N–H and O–H groups in total. The van der Waals surface area contributed by atoms with Crippen LogP contribution in [-0.4, -0.2) is 24.0 Å². The third kappa shape index (κ3) is 3.15. The maximum absolute atomic E-state index is 12.6. The van der Waals surface area contributed by atoms with Gasteiger partial charge in [-0.15, -0.1) is 0 Å². The molecule has 19 heavy (non-hydrogen) atoms. The minimum atomic E-state index is -4.37. The van der Waals surface area contributed by atoms with Crippen molar-refractivity contribution in [2.24, 2.45) is 11.7 Å². The molecule has 2 heterocycles. The normalized spacial score (nSPS) is 17.5. The molecular weight excluding hydrogens is 259 g/mol. The number of nitrogens with zero attached hydrogens (tertiary/aromatic N) is 2. The number of primary amides is 1. The summed E-state index contributed by atoms with van der Waals surface area (Å²) in [5.74, 6) is -0.253. The van der Waals surface area contributed by atoms with Gasteiger partial charge in [-0.1, -0.05) is 0 Å². The fourth-order valence-electron chi connectivity index (χ4n) is 2.16. The Labute approximate surface area is 108 Å². The molecule has 0 atom stereocenters. The van der Waals surface area contributed by atoms with E-state index in [1.54, 1.807) is 4.90 Å². The van der Waals surface area contributed by atoms with E-state index in [1.807, 2.05) is 0 Å². The van der Waals surface area contributed by atoms with E-state index in [9.17, 15) is 18.0 Å². The van der Waals surface area contributed by atoms with Gasteiger partial charge in [0.25, 0.3) is 0 Å². The van der Waals surface area contributed by atoms with Crippen molar-refractivity contribution in [3.63, 3.8) is 0 Å². The average molecular weight is 273 g/mol. The second-order valence-electron chi connectivity index (χ2n) is 4.56. The highest BCUT2D eigenvalue weighted by Crippen LogP contribution is 2.31. The summed E-state index contributed by atoms with van der Waals surface area (Å²) in [6, 6.07) is 1.98. The van der Waals surface area contributed by atoms with Gasteiger partial charge in [0.15, 0.2) is 0 Å². The summed E-state index contributed by atoms with van der Waals surface area (Å²) in [7, 11) is 0. The van der Waals surface area contributed by atoms with Crippen LogP contribution >= 0.6 is 0 Å². The lowest BCUT2D eigenvalue weighted by Crippen LogP contribution is -2.39. The first-order chi connectivity index (χ1) is 8.88. The first-order valence-corrected chi connectivity index (χ1v) is 5.95. The summed E-state index contributed by atoms with van der Waals surface area (Å²) in [5, 5.41) is 0. The number of hydrogen-bond acceptors (Lipinski definition) is 3. The summed E-state index contributed by atoms with van der Waals surface area (Å²) < 4.78 is 37.8. The van der Waals surface area contributed by atoms with Gasteiger partial charge in [-0.2, -0.15) is 13.2 Å². The Morgan fingerprint density at radius 2 is 2.00 bits per heavy atom. The van der Waals surface area contributed by atoms with Gasteiger partial charge >= 0.3 is 6.18 Å². The molecule has 0 saturated carbocycles. The molecule has 0 radical (unpaired) electrons. The van der Waals surface area contributed by atoms with Crippen LogP contribution in [0, 0.1) is 5.92 Å². The van der Waals surface area contributed by atoms with E-state index in [0.717, 1.165) is 18.3 Å². The second kappa shape index (κ2) is 5.07. The largest absolute Gasteiger partial charge is 0.416 e. The first-order valence-electron chi connectivity index (χ1n) is 5.95. The van der Waals surface area contributed by atoms with E-state index in [-0.39, 0.29) is 17.6 Å². The van der Waals surface area contributed by atoms with Crippen LogP contribution in [0.4, 0.5) is 19.0 Å². The highest BCUT2D eigenvalue weighted by atomic mass is 19.4. The third-order valence-corrected chi connectivity index (χ3v) is 3.29. The number of carbonyl (C=O) groups excluding carboxylic acids is 1. The molecule has 1 aliphatic rings. The SMILES string of the molecule is NC(=O)C1CCN(c2cc(C(F)(F)F)ccn2)CC1. The van der Waals surface area contributed by atoms with Crippen molar-refractivity contribution < 1.29 is 18.0 Å². The van der Waals surface area contributed by atoms with Crippen molar-refractivity contribution in [1.29, 1.82) is 0 Å². The quantitative estimate of drug-likeness (QED) is 0.894. The van der Waals surface area contributed by atoms with Crippen molar-refractivity contribution in [3.05, 3.63) is 23.9 Å². The molecule has 1 aromatic heterocycles. The molecule has 104 valence electrons. The summed E-state index contributed by atoms with van der Waals surface area (Å²) in [6.07, 6.45) is -2.12. The van der Waals surface area contributed by atoms with Crippen LogP contribution in [0.15, 0.2) is 18.3 Å². The number of carbonyl (C=O) groups is 1. The Morgan fingerprint density at radius 1 is 1.37 bits per heavy atom. The van der Waals surface area contributed by atoms with Gasteiger partial charge in [-0.05, 0) is 25.0 Å². The standard InChI is InChI=1S/C12H14F3N3O/c13-12(14,15)9-1-4-17-10(7-9)18-5-2-8(3-6-18)11(16)19/h1,4,7-8H,2-3,5-6H2,(H2,16,19). The predicted octanol–water partition coefficient (Wildman–Crippen LogP) is 1.80. The molecule has 7 heteroatoms. The van der Waals surface area contributed by atoms with E-state index < -0.39 is 11.7 Å². The number of halogens is 3.